The van der Waals surface area contributed by atoms with E-state index in [1.54, 1.807) is 0 Å². The van der Waals surface area contributed by atoms with Gasteiger partial charge in [-0.25, -0.2) is 0 Å². The molecule has 0 aromatic rings. The average Bonchev–Trinajstić information content (AvgIpc) is 2.25. The Hall–Kier alpha value is -2.19. The van der Waals surface area contributed by atoms with Crippen LogP contribution in [-0.2, 0) is 19.1 Å². The molecule has 0 rings (SSSR count). The second-order valence-corrected chi connectivity index (χ2v) is 3.01. The third kappa shape index (κ3) is 8.78. The van der Waals surface area contributed by atoms with E-state index in [4.69, 9.17) is 0 Å². The summed E-state index contributed by atoms with van der Waals surface area (Å²) in [5.74, 6) is -2.02. The summed E-state index contributed by atoms with van der Waals surface area (Å²) in [7, 11) is 1.13. The van der Waals surface area contributed by atoms with E-state index in [2.05, 4.69) is 4.74 Å². The lowest BCUT2D eigenvalue weighted by Gasteiger charge is -2.05. The highest BCUT2D eigenvalue weighted by atomic mass is 16.6. The van der Waals surface area contributed by atoms with Crippen LogP contribution in [-0.4, -0.2) is 36.4 Å². The first-order valence-corrected chi connectivity index (χ1v) is 4.72. The van der Waals surface area contributed by atoms with Gasteiger partial charge < -0.3 is 4.74 Å². The number of esters is 1. The van der Waals surface area contributed by atoms with E-state index in [9.17, 15) is 24.5 Å². The molecule has 0 fully saturated rings. The van der Waals surface area contributed by atoms with Crippen LogP contribution in [0.1, 0.15) is 19.3 Å². The molecular weight excluding hydrogens is 234 g/mol. The summed E-state index contributed by atoms with van der Waals surface area (Å²) in [6, 6.07) is 0. The van der Waals surface area contributed by atoms with Crippen LogP contribution in [0.3, 0.4) is 0 Å². The summed E-state index contributed by atoms with van der Waals surface area (Å²) in [6.07, 6.45) is -0.517. The number of methoxy groups -OCH3 is 1. The minimum Gasteiger partial charge on any atom is -0.469 e. The predicted octanol–water partition coefficient (Wildman–Crippen LogP) is -1.25. The largest absolute Gasteiger partial charge is 0.469 e. The number of hydrogen-bond acceptors (Lipinski definition) is 6. The van der Waals surface area contributed by atoms with Gasteiger partial charge in [-0.1, -0.05) is 0 Å². The second kappa shape index (κ2) is 8.02. The Labute approximate surface area is 96.6 Å². The zero-order valence-corrected chi connectivity index (χ0v) is 9.23. The van der Waals surface area contributed by atoms with Gasteiger partial charge in [0.05, 0.1) is 7.11 Å². The molecule has 0 radical (unpaired) electrons. The SMILES string of the molecule is COC(=O)CC(=O)NNC(=O)CCC[N+](=O)[O-]. The molecule has 0 aliphatic carbocycles. The van der Waals surface area contributed by atoms with Crippen molar-refractivity contribution in [2.75, 3.05) is 13.7 Å². The van der Waals surface area contributed by atoms with Crippen LogP contribution in [0.2, 0.25) is 0 Å². The van der Waals surface area contributed by atoms with Gasteiger partial charge in [-0.3, -0.25) is 35.3 Å². The van der Waals surface area contributed by atoms with Gasteiger partial charge in [0.2, 0.25) is 18.4 Å². The van der Waals surface area contributed by atoms with Crippen molar-refractivity contribution in [1.29, 1.82) is 0 Å². The molecule has 0 atom stereocenters. The van der Waals surface area contributed by atoms with Crippen LogP contribution in [0.4, 0.5) is 0 Å². The van der Waals surface area contributed by atoms with Crippen molar-refractivity contribution in [2.24, 2.45) is 0 Å². The number of hydrazine groups is 1. The number of carbonyl (C=O) groups excluding carboxylic acids is 3. The van der Waals surface area contributed by atoms with Crippen molar-refractivity contribution in [2.45, 2.75) is 19.3 Å². The zero-order valence-electron chi connectivity index (χ0n) is 9.23. The summed E-state index contributed by atoms with van der Waals surface area (Å²) >= 11 is 0. The molecule has 0 saturated heterocycles. The van der Waals surface area contributed by atoms with Gasteiger partial charge in [-0.2, -0.15) is 0 Å². The highest BCUT2D eigenvalue weighted by molar-refractivity contribution is 5.94. The lowest BCUT2D eigenvalue weighted by molar-refractivity contribution is -0.480. The summed E-state index contributed by atoms with van der Waals surface area (Å²) in [4.78, 5) is 42.0. The van der Waals surface area contributed by atoms with Crippen molar-refractivity contribution < 1.29 is 24.0 Å². The normalized spacial score (nSPS) is 9.24. The van der Waals surface area contributed by atoms with E-state index in [0.29, 0.717) is 0 Å². The highest BCUT2D eigenvalue weighted by Crippen LogP contribution is 1.88. The molecule has 9 nitrogen and oxygen atoms in total. The molecule has 0 spiro atoms. The molecule has 2 amide bonds. The van der Waals surface area contributed by atoms with Gasteiger partial charge in [0.15, 0.2) is 0 Å². The van der Waals surface area contributed by atoms with Gasteiger partial charge in [-0.15, -0.1) is 0 Å². The second-order valence-electron chi connectivity index (χ2n) is 3.01. The van der Waals surface area contributed by atoms with Crippen LogP contribution in [0, 0.1) is 10.1 Å². The number of amides is 2. The molecule has 0 bridgehead atoms. The van der Waals surface area contributed by atoms with Crippen LogP contribution in [0.25, 0.3) is 0 Å². The first-order valence-electron chi connectivity index (χ1n) is 4.72. The smallest absolute Gasteiger partial charge is 0.315 e. The highest BCUT2D eigenvalue weighted by Gasteiger charge is 2.10. The first-order chi connectivity index (χ1) is 7.95. The maximum atomic E-state index is 11.0. The fourth-order valence-electron chi connectivity index (χ4n) is 0.818. The molecule has 0 saturated carbocycles. The maximum absolute atomic E-state index is 11.0. The minimum absolute atomic E-state index is 0.0751. The first kappa shape index (κ1) is 14.8. The number of nitrogens with zero attached hydrogens (tertiary/aromatic N) is 1. The monoisotopic (exact) mass is 247 g/mol. The standard InChI is InChI=1S/C8H13N3O6/c1-17-8(14)5-7(13)10-9-6(12)3-2-4-11(15)16/h2-5H2,1H3,(H,9,12)(H,10,13). The van der Waals surface area contributed by atoms with Gasteiger partial charge in [0.25, 0.3) is 0 Å². The Morgan fingerprint density at radius 2 is 1.82 bits per heavy atom. The van der Waals surface area contributed by atoms with E-state index in [1.165, 1.54) is 0 Å². The van der Waals surface area contributed by atoms with Crippen molar-refractivity contribution in [3.05, 3.63) is 10.1 Å². The number of nitro groups is 1. The van der Waals surface area contributed by atoms with Gasteiger partial charge in [-0.05, 0) is 0 Å². The van der Waals surface area contributed by atoms with E-state index in [1.807, 2.05) is 10.9 Å². The number of carbonyl (C=O) groups is 3. The van der Waals surface area contributed by atoms with Crippen LogP contribution < -0.4 is 10.9 Å². The molecule has 0 heterocycles. The zero-order chi connectivity index (χ0) is 13.3. The lowest BCUT2D eigenvalue weighted by Crippen LogP contribution is -2.42. The van der Waals surface area contributed by atoms with E-state index in [0.717, 1.165) is 7.11 Å². The van der Waals surface area contributed by atoms with Gasteiger partial charge in [0.1, 0.15) is 6.42 Å². The van der Waals surface area contributed by atoms with Gasteiger partial charge in [0, 0.05) is 17.8 Å². The third-order valence-corrected chi connectivity index (χ3v) is 1.62. The molecule has 0 aromatic carbocycles. The fraction of sp³-hybridized carbons (Fsp3) is 0.625. The maximum Gasteiger partial charge on any atom is 0.315 e. The molecule has 17 heavy (non-hydrogen) atoms. The van der Waals surface area contributed by atoms with Crippen molar-refractivity contribution >= 4 is 17.8 Å². The Kier molecular flexibility index (Phi) is 6.99. The minimum atomic E-state index is -0.731. The Balaban J connectivity index is 3.66. The molecule has 9 heteroatoms. The van der Waals surface area contributed by atoms with Crippen LogP contribution in [0.5, 0.6) is 0 Å². The molecule has 96 valence electrons. The molecule has 0 aliphatic rings. The van der Waals surface area contributed by atoms with Crippen LogP contribution >= 0.6 is 0 Å². The molecule has 2 N–H and O–H groups in total. The molecule has 0 unspecified atom stereocenters. The van der Waals surface area contributed by atoms with Crippen LogP contribution in [0.15, 0.2) is 0 Å². The molecular formula is C8H13N3O6. The Bertz CT molecular complexity index is 316. The van der Waals surface area contributed by atoms with E-state index < -0.39 is 29.1 Å². The van der Waals surface area contributed by atoms with Crippen molar-refractivity contribution in [3.63, 3.8) is 0 Å². The Morgan fingerprint density at radius 1 is 1.24 bits per heavy atom. The quantitative estimate of drug-likeness (QED) is 0.261. The molecule has 0 aliphatic heterocycles. The van der Waals surface area contributed by atoms with E-state index >= 15 is 0 Å². The predicted molar refractivity (Wildman–Crippen MR) is 54.0 cm³/mol. The summed E-state index contributed by atoms with van der Waals surface area (Å²) in [5, 5.41) is 9.95. The number of hydrogen-bond donors (Lipinski definition) is 2. The number of ether oxygens (including phenoxy) is 1. The number of rotatable bonds is 6. The Morgan fingerprint density at radius 3 is 2.35 bits per heavy atom. The topological polar surface area (TPSA) is 128 Å². The van der Waals surface area contributed by atoms with Gasteiger partial charge >= 0.3 is 5.97 Å². The van der Waals surface area contributed by atoms with Crippen molar-refractivity contribution in [3.8, 4) is 0 Å². The number of nitrogens with one attached hydrogen (secondary N) is 2. The fourth-order valence-corrected chi connectivity index (χ4v) is 0.818. The molecule has 0 aromatic heterocycles. The third-order valence-electron chi connectivity index (χ3n) is 1.62. The summed E-state index contributed by atoms with van der Waals surface area (Å²) in [5.41, 5.74) is 3.99. The summed E-state index contributed by atoms with van der Waals surface area (Å²) < 4.78 is 4.23. The van der Waals surface area contributed by atoms with Crippen molar-refractivity contribution in [1.82, 2.24) is 10.9 Å². The summed E-state index contributed by atoms with van der Waals surface area (Å²) in [6.45, 7) is -0.316. The average molecular weight is 247 g/mol. The lowest BCUT2D eigenvalue weighted by atomic mass is 10.3. The van der Waals surface area contributed by atoms with E-state index in [-0.39, 0.29) is 19.4 Å².